The van der Waals surface area contributed by atoms with Crippen LogP contribution in [0.25, 0.3) is 11.3 Å². The summed E-state index contributed by atoms with van der Waals surface area (Å²) in [7, 11) is 3.44. The highest BCUT2D eigenvalue weighted by Gasteiger charge is 2.18. The van der Waals surface area contributed by atoms with Gasteiger partial charge in [0, 0.05) is 30.6 Å². The number of ether oxygens (including phenoxy) is 2. The third-order valence-corrected chi connectivity index (χ3v) is 6.05. The van der Waals surface area contributed by atoms with Crippen molar-refractivity contribution in [2.45, 2.75) is 40.3 Å². The van der Waals surface area contributed by atoms with E-state index in [4.69, 9.17) is 14.5 Å². The van der Waals surface area contributed by atoms with E-state index < -0.39 is 0 Å². The van der Waals surface area contributed by atoms with Gasteiger partial charge in [0.1, 0.15) is 5.75 Å². The van der Waals surface area contributed by atoms with Crippen LogP contribution in [0.5, 0.6) is 5.75 Å². The first-order chi connectivity index (χ1) is 14.1. The van der Waals surface area contributed by atoms with E-state index >= 15 is 0 Å². The zero-order valence-corrected chi connectivity index (χ0v) is 18.8. The molecular weight excluding hydrogens is 380 g/mol. The van der Waals surface area contributed by atoms with Crippen LogP contribution in [-0.2, 0) is 17.9 Å². The molecule has 4 nitrogen and oxygen atoms in total. The van der Waals surface area contributed by atoms with Crippen molar-refractivity contribution in [1.29, 1.82) is 0 Å². The van der Waals surface area contributed by atoms with Gasteiger partial charge in [0.15, 0.2) is 5.13 Å². The third-order valence-electron chi connectivity index (χ3n) is 5.02. The van der Waals surface area contributed by atoms with Gasteiger partial charge in [-0.15, -0.1) is 11.3 Å². The molecule has 0 saturated carbocycles. The van der Waals surface area contributed by atoms with Gasteiger partial charge in [-0.25, -0.2) is 4.98 Å². The number of thiazole rings is 1. The number of hydrogen-bond acceptors (Lipinski definition) is 5. The lowest BCUT2D eigenvalue weighted by atomic mass is 10.0. The van der Waals surface area contributed by atoms with Crippen LogP contribution in [0.2, 0.25) is 0 Å². The maximum Gasteiger partial charge on any atom is 0.186 e. The van der Waals surface area contributed by atoms with E-state index in [1.807, 2.05) is 6.07 Å². The second-order valence-electron chi connectivity index (χ2n) is 7.21. The van der Waals surface area contributed by atoms with Crippen LogP contribution < -0.4 is 9.64 Å². The Bertz CT molecular complexity index is 952. The SMILES string of the molecule is CCCN(Cc1ccccc1COC)c1nc(-c2ccc(OC)cc2C)c(C)s1. The quantitative estimate of drug-likeness (QED) is 0.433. The average molecular weight is 411 g/mol. The fraction of sp³-hybridized carbons (Fsp3) is 0.375. The van der Waals surface area contributed by atoms with Gasteiger partial charge in [-0.2, -0.15) is 0 Å². The zero-order chi connectivity index (χ0) is 20.8. The minimum atomic E-state index is 0.628. The molecule has 29 heavy (non-hydrogen) atoms. The molecule has 0 aliphatic rings. The van der Waals surface area contributed by atoms with Gasteiger partial charge in [-0.3, -0.25) is 0 Å². The van der Waals surface area contributed by atoms with E-state index in [1.165, 1.54) is 27.1 Å². The largest absolute Gasteiger partial charge is 0.497 e. The molecular formula is C24H30N2O2S. The molecule has 3 aromatic rings. The normalized spacial score (nSPS) is 10.9. The first-order valence-corrected chi connectivity index (χ1v) is 10.8. The molecule has 0 bridgehead atoms. The standard InChI is InChI=1S/C24H30N2O2S/c1-6-13-26(15-19-9-7-8-10-20(19)16-27-4)24-25-23(18(3)29-24)22-12-11-21(28-5)14-17(22)2/h7-12,14H,6,13,15-16H2,1-5H3. The van der Waals surface area contributed by atoms with Crippen LogP contribution in [-0.4, -0.2) is 25.7 Å². The van der Waals surface area contributed by atoms with Crippen LogP contribution in [0.1, 0.15) is 34.9 Å². The van der Waals surface area contributed by atoms with Gasteiger partial charge in [-0.1, -0.05) is 31.2 Å². The predicted molar refractivity (Wildman–Crippen MR) is 122 cm³/mol. The molecule has 5 heteroatoms. The number of rotatable bonds is 9. The maximum atomic E-state index is 5.39. The fourth-order valence-electron chi connectivity index (χ4n) is 3.52. The molecule has 0 amide bonds. The fourth-order valence-corrected chi connectivity index (χ4v) is 4.47. The average Bonchev–Trinajstić information content (AvgIpc) is 3.10. The third kappa shape index (κ3) is 4.98. The Morgan fingerprint density at radius 3 is 2.45 bits per heavy atom. The van der Waals surface area contributed by atoms with Crippen LogP contribution in [0.15, 0.2) is 42.5 Å². The molecule has 0 saturated heterocycles. The molecule has 0 aliphatic heterocycles. The Hall–Kier alpha value is -2.37. The summed E-state index contributed by atoms with van der Waals surface area (Å²) in [5.74, 6) is 0.877. The van der Waals surface area contributed by atoms with E-state index in [2.05, 4.69) is 62.1 Å². The molecule has 1 heterocycles. The highest BCUT2D eigenvalue weighted by Crippen LogP contribution is 2.36. The van der Waals surface area contributed by atoms with E-state index in [1.54, 1.807) is 25.6 Å². The number of aromatic nitrogens is 1. The van der Waals surface area contributed by atoms with Crippen molar-refractivity contribution >= 4 is 16.5 Å². The predicted octanol–water partition coefficient (Wildman–Crippen LogP) is 6.00. The topological polar surface area (TPSA) is 34.6 Å². The lowest BCUT2D eigenvalue weighted by Crippen LogP contribution is -2.24. The number of benzene rings is 2. The smallest absolute Gasteiger partial charge is 0.186 e. The first-order valence-electron chi connectivity index (χ1n) is 10.0. The van der Waals surface area contributed by atoms with E-state index in [0.717, 1.165) is 36.1 Å². The number of aryl methyl sites for hydroxylation is 2. The monoisotopic (exact) mass is 410 g/mol. The molecule has 2 aromatic carbocycles. The second-order valence-corrected chi connectivity index (χ2v) is 8.39. The molecule has 0 radical (unpaired) electrons. The minimum absolute atomic E-state index is 0.628. The number of anilines is 1. The first kappa shape index (κ1) is 21.3. The Morgan fingerprint density at radius 2 is 1.79 bits per heavy atom. The maximum absolute atomic E-state index is 5.39. The lowest BCUT2D eigenvalue weighted by molar-refractivity contribution is 0.184. The van der Waals surface area contributed by atoms with Crippen molar-refractivity contribution in [1.82, 2.24) is 4.98 Å². The van der Waals surface area contributed by atoms with Gasteiger partial charge >= 0.3 is 0 Å². The highest BCUT2D eigenvalue weighted by atomic mass is 32.1. The molecule has 0 N–H and O–H groups in total. The Kier molecular flexibility index (Phi) is 7.29. The zero-order valence-electron chi connectivity index (χ0n) is 18.0. The summed E-state index contributed by atoms with van der Waals surface area (Å²) in [4.78, 5) is 8.68. The summed E-state index contributed by atoms with van der Waals surface area (Å²) < 4.78 is 10.7. The summed E-state index contributed by atoms with van der Waals surface area (Å²) in [5.41, 5.74) is 5.93. The molecule has 1 aromatic heterocycles. The van der Waals surface area contributed by atoms with Crippen molar-refractivity contribution in [3.63, 3.8) is 0 Å². The summed E-state index contributed by atoms with van der Waals surface area (Å²) in [6.45, 7) is 8.91. The summed E-state index contributed by atoms with van der Waals surface area (Å²) >= 11 is 1.77. The molecule has 0 unspecified atom stereocenters. The van der Waals surface area contributed by atoms with Gasteiger partial charge in [-0.05, 0) is 55.2 Å². The van der Waals surface area contributed by atoms with Crippen LogP contribution in [0, 0.1) is 13.8 Å². The van der Waals surface area contributed by atoms with E-state index in [9.17, 15) is 0 Å². The number of nitrogens with zero attached hydrogens (tertiary/aromatic N) is 2. The molecule has 0 atom stereocenters. The Labute approximate surface area is 178 Å². The Balaban J connectivity index is 1.93. The van der Waals surface area contributed by atoms with Crippen molar-refractivity contribution in [2.75, 3.05) is 25.7 Å². The number of hydrogen-bond donors (Lipinski definition) is 0. The molecule has 0 spiro atoms. The lowest BCUT2D eigenvalue weighted by Gasteiger charge is -2.22. The molecule has 154 valence electrons. The van der Waals surface area contributed by atoms with Gasteiger partial charge in [0.05, 0.1) is 19.4 Å². The molecule has 3 rings (SSSR count). The van der Waals surface area contributed by atoms with Crippen LogP contribution in [0.3, 0.4) is 0 Å². The van der Waals surface area contributed by atoms with Crippen LogP contribution >= 0.6 is 11.3 Å². The molecule has 0 fully saturated rings. The summed E-state index contributed by atoms with van der Waals surface area (Å²) in [6.07, 6.45) is 1.07. The Morgan fingerprint density at radius 1 is 1.03 bits per heavy atom. The van der Waals surface area contributed by atoms with Crippen molar-refractivity contribution in [3.05, 3.63) is 64.0 Å². The van der Waals surface area contributed by atoms with Gasteiger partial charge < -0.3 is 14.4 Å². The van der Waals surface area contributed by atoms with Crippen molar-refractivity contribution < 1.29 is 9.47 Å². The highest BCUT2D eigenvalue weighted by molar-refractivity contribution is 7.16. The van der Waals surface area contributed by atoms with Crippen molar-refractivity contribution in [3.8, 4) is 17.0 Å². The van der Waals surface area contributed by atoms with Gasteiger partial charge in [0.25, 0.3) is 0 Å². The van der Waals surface area contributed by atoms with E-state index in [-0.39, 0.29) is 0 Å². The number of methoxy groups -OCH3 is 2. The van der Waals surface area contributed by atoms with Gasteiger partial charge in [0.2, 0.25) is 0 Å². The van der Waals surface area contributed by atoms with Crippen molar-refractivity contribution in [2.24, 2.45) is 0 Å². The minimum Gasteiger partial charge on any atom is -0.497 e. The van der Waals surface area contributed by atoms with Crippen LogP contribution in [0.4, 0.5) is 5.13 Å². The van der Waals surface area contributed by atoms with E-state index in [0.29, 0.717) is 6.61 Å². The second kappa shape index (κ2) is 9.90. The summed E-state index contributed by atoms with van der Waals surface area (Å²) in [6, 6.07) is 14.7. The molecule has 0 aliphatic carbocycles. The summed E-state index contributed by atoms with van der Waals surface area (Å²) in [5, 5.41) is 1.07.